The Morgan fingerprint density at radius 3 is 1.62 bits per heavy atom. The highest BCUT2D eigenvalue weighted by Gasteiger charge is 2.45. The number of hydrogen-bond acceptors (Lipinski definition) is 5. The third-order valence-electron chi connectivity index (χ3n) is 3.33. The van der Waals surface area contributed by atoms with E-state index in [4.69, 9.17) is 4.74 Å². The molecule has 0 N–H and O–H groups in total. The second-order valence-electron chi connectivity index (χ2n) is 6.73. The summed E-state index contributed by atoms with van der Waals surface area (Å²) in [4.78, 5) is 12.8. The van der Waals surface area contributed by atoms with Gasteiger partial charge < -0.3 is 4.74 Å². The zero-order valence-electron chi connectivity index (χ0n) is 15.1. The summed E-state index contributed by atoms with van der Waals surface area (Å²) in [5.41, 5.74) is -0.946. The van der Waals surface area contributed by atoms with Crippen molar-refractivity contribution >= 4 is 34.0 Å². The molecule has 6 nitrogen and oxygen atoms in total. The lowest BCUT2D eigenvalue weighted by Gasteiger charge is -2.32. The zero-order chi connectivity index (χ0) is 19.6. The van der Waals surface area contributed by atoms with Crippen molar-refractivity contribution in [1.82, 2.24) is 4.08 Å². The molecule has 0 spiro atoms. The van der Waals surface area contributed by atoms with Crippen molar-refractivity contribution in [2.75, 3.05) is 6.26 Å². The molecule has 0 aliphatic rings. The lowest BCUT2D eigenvalue weighted by molar-refractivity contribution is 0.0478. The van der Waals surface area contributed by atoms with E-state index in [9.17, 15) is 17.8 Å². The Morgan fingerprint density at radius 2 is 1.31 bits per heavy atom. The van der Waals surface area contributed by atoms with Crippen LogP contribution in [-0.2, 0) is 19.3 Å². The quantitative estimate of drug-likeness (QED) is 0.743. The molecule has 0 saturated heterocycles. The van der Waals surface area contributed by atoms with Crippen LogP contribution >= 0.6 is 7.29 Å². The van der Waals surface area contributed by atoms with E-state index in [0.717, 1.165) is 6.26 Å². The Hall–Kier alpha value is -2.11. The van der Waals surface area contributed by atoms with E-state index in [1.54, 1.807) is 57.2 Å². The molecule has 2 aromatic carbocycles. The Balaban J connectivity index is 2.77. The number of carbonyl (C=O) groups is 1. The van der Waals surface area contributed by atoms with E-state index in [0.29, 0.717) is 4.08 Å². The first-order valence-electron chi connectivity index (χ1n) is 7.91. The van der Waals surface area contributed by atoms with Crippen molar-refractivity contribution in [1.29, 1.82) is 0 Å². The predicted molar refractivity (Wildman–Crippen MR) is 103 cm³/mol. The molecule has 2 rings (SSSR count). The summed E-state index contributed by atoms with van der Waals surface area (Å²) < 4.78 is 44.8. The van der Waals surface area contributed by atoms with Crippen LogP contribution in [-0.4, -0.2) is 30.4 Å². The molecule has 0 aliphatic carbocycles. The minimum absolute atomic E-state index is 0.225. The van der Waals surface area contributed by atoms with Gasteiger partial charge in [0.25, 0.3) is 0 Å². The highest BCUT2D eigenvalue weighted by molar-refractivity contribution is 7.98. The number of carbonyl (C=O) groups excluding carboxylic acids is 1. The molecule has 0 aliphatic heterocycles. The van der Waals surface area contributed by atoms with Crippen LogP contribution in [0.2, 0.25) is 0 Å². The van der Waals surface area contributed by atoms with Gasteiger partial charge in [-0.05, 0) is 45.0 Å². The van der Waals surface area contributed by atoms with Gasteiger partial charge in [0.1, 0.15) is 5.60 Å². The Bertz CT molecular complexity index is 878. The molecule has 0 heterocycles. The normalized spacial score (nSPS) is 12.5. The van der Waals surface area contributed by atoms with Crippen molar-refractivity contribution < 1.29 is 22.5 Å². The molecule has 0 aromatic heterocycles. The fourth-order valence-electron chi connectivity index (χ4n) is 2.38. The highest BCUT2D eigenvalue weighted by Crippen LogP contribution is 2.49. The van der Waals surface area contributed by atoms with Gasteiger partial charge in [0, 0.05) is 10.6 Å². The van der Waals surface area contributed by atoms with Crippen LogP contribution in [0.4, 0.5) is 4.79 Å². The number of rotatable bonds is 4. The van der Waals surface area contributed by atoms with E-state index >= 15 is 0 Å². The van der Waals surface area contributed by atoms with E-state index in [1.165, 1.54) is 24.3 Å². The molecule has 0 bridgehead atoms. The van der Waals surface area contributed by atoms with Gasteiger partial charge >= 0.3 is 6.09 Å². The van der Waals surface area contributed by atoms with E-state index in [2.05, 4.69) is 0 Å². The number of nitrogens with zero attached hydrogens (tertiary/aromatic N) is 1. The molecule has 26 heavy (non-hydrogen) atoms. The summed E-state index contributed by atoms with van der Waals surface area (Å²) in [6.07, 6.45) is -0.328. The number of benzene rings is 2. The minimum atomic E-state index is -4.19. The first-order chi connectivity index (χ1) is 12.0. The molecule has 0 unspecified atom stereocenters. The van der Waals surface area contributed by atoms with Crippen molar-refractivity contribution in [2.24, 2.45) is 0 Å². The molecule has 8 heteroatoms. The molecule has 0 atom stereocenters. The summed E-state index contributed by atoms with van der Waals surface area (Å²) in [6.45, 7) is 4.84. The van der Waals surface area contributed by atoms with Gasteiger partial charge in [0.05, 0.1) is 6.26 Å². The van der Waals surface area contributed by atoms with Crippen LogP contribution in [0.25, 0.3) is 0 Å². The maximum atomic E-state index is 14.1. The number of amides is 1. The number of hydrogen-bond donors (Lipinski definition) is 0. The summed E-state index contributed by atoms with van der Waals surface area (Å²) in [6, 6.07) is 16.1. The molecule has 0 fully saturated rings. The van der Waals surface area contributed by atoms with Crippen molar-refractivity contribution in [3.63, 3.8) is 0 Å². The second-order valence-corrected chi connectivity index (χ2v) is 11.4. The zero-order valence-corrected chi connectivity index (χ0v) is 16.8. The van der Waals surface area contributed by atoms with Crippen LogP contribution in [0.15, 0.2) is 60.7 Å². The van der Waals surface area contributed by atoms with Crippen molar-refractivity contribution in [3.8, 4) is 0 Å². The molecule has 2 aromatic rings. The van der Waals surface area contributed by atoms with Crippen LogP contribution in [0.5, 0.6) is 0 Å². The van der Waals surface area contributed by atoms with Gasteiger partial charge in [0.15, 0.2) is 0 Å². The summed E-state index contributed by atoms with van der Waals surface area (Å²) in [5.74, 6) is 0. The van der Waals surface area contributed by atoms with Gasteiger partial charge in [-0.25, -0.2) is 13.2 Å². The van der Waals surface area contributed by atoms with Crippen LogP contribution in [0.1, 0.15) is 20.8 Å². The Morgan fingerprint density at radius 1 is 0.923 bits per heavy atom. The SMILES string of the molecule is CC(C)(C)OC(=O)N(P(=O)(c1ccccc1)c1ccccc1)S(C)(=O)=O. The van der Waals surface area contributed by atoms with Gasteiger partial charge in [-0.1, -0.05) is 36.4 Å². The average molecular weight is 395 g/mol. The van der Waals surface area contributed by atoms with Gasteiger partial charge in [0.2, 0.25) is 17.3 Å². The molecular weight excluding hydrogens is 373 g/mol. The maximum absolute atomic E-state index is 14.1. The fraction of sp³-hybridized carbons (Fsp3) is 0.278. The van der Waals surface area contributed by atoms with Crippen LogP contribution in [0, 0.1) is 0 Å². The lowest BCUT2D eigenvalue weighted by Crippen LogP contribution is -2.43. The third kappa shape index (κ3) is 4.34. The first kappa shape index (κ1) is 20.2. The lowest BCUT2D eigenvalue weighted by atomic mass is 10.2. The molecule has 1 amide bonds. The maximum Gasteiger partial charge on any atom is 0.430 e. The first-order valence-corrected chi connectivity index (χ1v) is 11.4. The molecule has 0 saturated carbocycles. The summed E-state index contributed by atoms with van der Waals surface area (Å²) >= 11 is 0. The minimum Gasteiger partial charge on any atom is -0.443 e. The monoisotopic (exact) mass is 395 g/mol. The van der Waals surface area contributed by atoms with Crippen molar-refractivity contribution in [2.45, 2.75) is 26.4 Å². The van der Waals surface area contributed by atoms with Crippen molar-refractivity contribution in [3.05, 3.63) is 60.7 Å². The average Bonchev–Trinajstić information content (AvgIpc) is 2.53. The van der Waals surface area contributed by atoms with Crippen LogP contribution in [0.3, 0.4) is 0 Å². The van der Waals surface area contributed by atoms with Crippen LogP contribution < -0.4 is 10.6 Å². The second kappa shape index (κ2) is 7.25. The number of ether oxygens (including phenoxy) is 1. The standard InChI is InChI=1S/C18H22NO5PS/c1-18(2,3)24-17(20)19(26(4,22)23)25(21,15-11-7-5-8-12-15)16-13-9-6-10-14-16/h5-14H,1-4H3. The van der Waals surface area contributed by atoms with Gasteiger partial charge in [-0.3, -0.25) is 4.57 Å². The Kier molecular flexibility index (Phi) is 5.64. The molecular formula is C18H22NO5PS. The molecule has 0 radical (unpaired) electrons. The molecule has 140 valence electrons. The van der Waals surface area contributed by atoms with Gasteiger partial charge in [-0.2, -0.15) is 0 Å². The highest BCUT2D eigenvalue weighted by atomic mass is 32.2. The third-order valence-corrected chi connectivity index (χ3v) is 8.36. The topological polar surface area (TPSA) is 80.8 Å². The van der Waals surface area contributed by atoms with E-state index in [-0.39, 0.29) is 10.6 Å². The fourth-order valence-corrected chi connectivity index (χ4v) is 7.06. The number of sulfonamides is 1. The van der Waals surface area contributed by atoms with E-state index in [1.807, 2.05) is 0 Å². The smallest absolute Gasteiger partial charge is 0.430 e. The van der Waals surface area contributed by atoms with Gasteiger partial charge in [-0.15, -0.1) is 4.08 Å². The Labute approximate surface area is 154 Å². The largest absolute Gasteiger partial charge is 0.443 e. The predicted octanol–water partition coefficient (Wildman–Crippen LogP) is 3.11. The van der Waals surface area contributed by atoms with E-state index < -0.39 is 29.0 Å². The summed E-state index contributed by atoms with van der Waals surface area (Å²) in [7, 11) is -8.22. The summed E-state index contributed by atoms with van der Waals surface area (Å²) in [5, 5.41) is 0.449.